The monoisotopic (exact) mass is 531 g/mol. The molecular weight excluding hydrogens is 512 g/mol. The molecule has 0 aliphatic rings. The quantitative estimate of drug-likeness (QED) is 0.165. The summed E-state index contributed by atoms with van der Waals surface area (Å²) in [4.78, 5) is 3.92. The fourth-order valence-corrected chi connectivity index (χ4v) is 2.06. The molecule has 0 aliphatic heterocycles. The van der Waals surface area contributed by atoms with Crippen molar-refractivity contribution in [1.29, 1.82) is 0 Å². The summed E-state index contributed by atoms with van der Waals surface area (Å²) in [5, 5.41) is 6.10. The smallest absolute Gasteiger partial charge is 0.411 e. The van der Waals surface area contributed by atoms with Gasteiger partial charge in [0.1, 0.15) is 12.4 Å². The highest BCUT2D eigenvalue weighted by molar-refractivity contribution is 14.0. The van der Waals surface area contributed by atoms with Crippen LogP contribution in [0.2, 0.25) is 5.02 Å². The molecule has 156 valence electrons. The lowest BCUT2D eigenvalue weighted by molar-refractivity contribution is -0.173. The van der Waals surface area contributed by atoms with Crippen LogP contribution in [0.25, 0.3) is 0 Å². The average molecular weight is 532 g/mol. The third-order valence-electron chi connectivity index (χ3n) is 2.93. The summed E-state index contributed by atoms with van der Waals surface area (Å²) in [5.74, 6) is 0.316. The number of rotatable bonds is 9. The minimum Gasteiger partial charge on any atom is -0.434 e. The Morgan fingerprint density at radius 2 is 1.96 bits per heavy atom. The number of hydrogen-bond donors (Lipinski definition) is 2. The van der Waals surface area contributed by atoms with E-state index in [-0.39, 0.29) is 42.9 Å². The van der Waals surface area contributed by atoms with Crippen LogP contribution in [0.15, 0.2) is 23.2 Å². The number of halogens is 7. The number of nitrogens with one attached hydrogen (secondary N) is 2. The maximum absolute atomic E-state index is 12.4. The van der Waals surface area contributed by atoms with Gasteiger partial charge in [-0.2, -0.15) is 22.0 Å². The number of guanidine groups is 1. The second kappa shape index (κ2) is 13.2. The molecule has 0 spiro atoms. The van der Waals surface area contributed by atoms with Gasteiger partial charge < -0.3 is 20.1 Å². The van der Waals surface area contributed by atoms with Crippen molar-refractivity contribution in [2.24, 2.45) is 4.99 Å². The molecule has 0 amide bonds. The fraction of sp³-hybridized carbons (Fsp3) is 0.533. The molecule has 0 saturated heterocycles. The summed E-state index contributed by atoms with van der Waals surface area (Å²) in [7, 11) is 1.49. The molecule has 12 heteroatoms. The first kappa shape index (κ1) is 25.9. The predicted octanol–water partition coefficient (Wildman–Crippen LogP) is 4.19. The molecular formula is C15H20ClF5IN3O2. The first-order valence-electron chi connectivity index (χ1n) is 7.53. The van der Waals surface area contributed by atoms with Crippen molar-refractivity contribution in [2.75, 3.05) is 26.8 Å². The third-order valence-corrected chi connectivity index (χ3v) is 3.17. The third kappa shape index (κ3) is 12.1. The van der Waals surface area contributed by atoms with Crippen molar-refractivity contribution >= 4 is 41.5 Å². The van der Waals surface area contributed by atoms with Gasteiger partial charge in [-0.3, -0.25) is 4.99 Å². The molecule has 0 atom stereocenters. The minimum atomic E-state index is -4.35. The van der Waals surface area contributed by atoms with Crippen LogP contribution in [-0.2, 0) is 11.3 Å². The topological polar surface area (TPSA) is 54.9 Å². The van der Waals surface area contributed by atoms with Gasteiger partial charge >= 0.3 is 12.8 Å². The molecule has 0 saturated carbocycles. The summed E-state index contributed by atoms with van der Waals surface area (Å²) >= 11 is 5.86. The molecule has 0 heterocycles. The second-order valence-corrected chi connectivity index (χ2v) is 5.44. The number of hydrogen-bond acceptors (Lipinski definition) is 3. The maximum atomic E-state index is 12.4. The largest absolute Gasteiger partial charge is 0.434 e. The van der Waals surface area contributed by atoms with Crippen LogP contribution in [0.1, 0.15) is 12.0 Å². The molecule has 0 aromatic heterocycles. The molecule has 0 fully saturated rings. The molecule has 5 nitrogen and oxygen atoms in total. The summed E-state index contributed by atoms with van der Waals surface area (Å²) < 4.78 is 69.5. The van der Waals surface area contributed by atoms with E-state index >= 15 is 0 Å². The summed E-state index contributed by atoms with van der Waals surface area (Å²) in [6.07, 6.45) is -4.02. The van der Waals surface area contributed by atoms with Crippen molar-refractivity contribution in [3.05, 3.63) is 28.8 Å². The normalized spacial score (nSPS) is 11.9. The van der Waals surface area contributed by atoms with Gasteiger partial charge in [-0.15, -0.1) is 24.0 Å². The standard InChI is InChI=1S/C15H19ClF5N3O2.HI/c1-22-14(23-5-2-6-25-9-15(19,20)21)24-8-10-7-11(16)3-4-12(10)26-13(17)18;/h3-4,7,13H,2,5-6,8-9H2,1H3,(H2,22,23,24);1H. The van der Waals surface area contributed by atoms with Gasteiger partial charge in [0.25, 0.3) is 0 Å². The Balaban J connectivity index is 0.00000676. The second-order valence-electron chi connectivity index (χ2n) is 5.00. The molecule has 1 aromatic carbocycles. The molecule has 0 aliphatic carbocycles. The molecule has 1 aromatic rings. The lowest BCUT2D eigenvalue weighted by atomic mass is 10.2. The van der Waals surface area contributed by atoms with Crippen molar-refractivity contribution in [2.45, 2.75) is 25.8 Å². The first-order chi connectivity index (χ1) is 12.2. The lowest BCUT2D eigenvalue weighted by Gasteiger charge is -2.15. The fourth-order valence-electron chi connectivity index (χ4n) is 1.87. The van der Waals surface area contributed by atoms with Gasteiger partial charge in [-0.1, -0.05) is 11.6 Å². The number of nitrogens with zero attached hydrogens (tertiary/aromatic N) is 1. The van der Waals surface area contributed by atoms with Crippen molar-refractivity contribution in [3.8, 4) is 5.75 Å². The van der Waals surface area contributed by atoms with Crippen LogP contribution in [-0.4, -0.2) is 45.6 Å². The van der Waals surface area contributed by atoms with Crippen LogP contribution in [0.3, 0.4) is 0 Å². The molecule has 0 unspecified atom stereocenters. The van der Waals surface area contributed by atoms with E-state index in [4.69, 9.17) is 11.6 Å². The van der Waals surface area contributed by atoms with Crippen molar-refractivity contribution < 1.29 is 31.4 Å². The van der Waals surface area contributed by atoms with Gasteiger partial charge in [0.15, 0.2) is 5.96 Å². The average Bonchev–Trinajstić information content (AvgIpc) is 2.54. The van der Waals surface area contributed by atoms with Gasteiger partial charge in [0, 0.05) is 37.3 Å². The Bertz CT molecular complexity index is 591. The predicted molar refractivity (Wildman–Crippen MR) is 103 cm³/mol. The lowest BCUT2D eigenvalue weighted by Crippen LogP contribution is -2.37. The van der Waals surface area contributed by atoms with Gasteiger partial charge in [0.05, 0.1) is 0 Å². The Labute approximate surface area is 175 Å². The highest BCUT2D eigenvalue weighted by Gasteiger charge is 2.27. The van der Waals surface area contributed by atoms with E-state index in [1.54, 1.807) is 0 Å². The van der Waals surface area contributed by atoms with Crippen LogP contribution < -0.4 is 15.4 Å². The van der Waals surface area contributed by atoms with Crippen LogP contribution in [0.4, 0.5) is 22.0 Å². The first-order valence-corrected chi connectivity index (χ1v) is 7.91. The number of benzene rings is 1. The zero-order chi connectivity index (χ0) is 19.6. The van der Waals surface area contributed by atoms with Gasteiger partial charge in [-0.05, 0) is 24.6 Å². The number of aliphatic imine (C=N–C) groups is 1. The van der Waals surface area contributed by atoms with E-state index in [1.165, 1.54) is 25.2 Å². The Morgan fingerprint density at radius 1 is 1.26 bits per heavy atom. The molecule has 0 bridgehead atoms. The van der Waals surface area contributed by atoms with Crippen LogP contribution >= 0.6 is 35.6 Å². The van der Waals surface area contributed by atoms with E-state index in [0.29, 0.717) is 29.5 Å². The maximum Gasteiger partial charge on any atom is 0.411 e. The zero-order valence-corrected chi connectivity index (χ0v) is 17.4. The highest BCUT2D eigenvalue weighted by atomic mass is 127. The van der Waals surface area contributed by atoms with E-state index in [0.717, 1.165) is 0 Å². The minimum absolute atomic E-state index is 0. The van der Waals surface area contributed by atoms with E-state index in [9.17, 15) is 22.0 Å². The van der Waals surface area contributed by atoms with Crippen molar-refractivity contribution in [1.82, 2.24) is 10.6 Å². The highest BCUT2D eigenvalue weighted by Crippen LogP contribution is 2.24. The van der Waals surface area contributed by atoms with E-state index in [2.05, 4.69) is 25.1 Å². The molecule has 1 rings (SSSR count). The summed E-state index contributed by atoms with van der Waals surface area (Å²) in [6, 6.07) is 4.24. The summed E-state index contributed by atoms with van der Waals surface area (Å²) in [6.45, 7) is -3.91. The molecule has 27 heavy (non-hydrogen) atoms. The van der Waals surface area contributed by atoms with Crippen molar-refractivity contribution in [3.63, 3.8) is 0 Å². The van der Waals surface area contributed by atoms with E-state index < -0.39 is 19.4 Å². The van der Waals surface area contributed by atoms with Gasteiger partial charge in [0.2, 0.25) is 0 Å². The molecule has 2 N–H and O–H groups in total. The van der Waals surface area contributed by atoms with Crippen LogP contribution in [0, 0.1) is 0 Å². The Morgan fingerprint density at radius 3 is 2.56 bits per heavy atom. The summed E-state index contributed by atoms with van der Waals surface area (Å²) in [5.41, 5.74) is 0.397. The molecule has 0 radical (unpaired) electrons. The van der Waals surface area contributed by atoms with E-state index in [1.807, 2.05) is 0 Å². The SMILES string of the molecule is CN=C(NCCCOCC(F)(F)F)NCc1cc(Cl)ccc1OC(F)F.I. The zero-order valence-electron chi connectivity index (χ0n) is 14.3. The number of alkyl halides is 5. The number of ether oxygens (including phenoxy) is 2. The Kier molecular flexibility index (Phi) is 12.6. The van der Waals surface area contributed by atoms with Crippen LogP contribution in [0.5, 0.6) is 5.75 Å². The van der Waals surface area contributed by atoms with Gasteiger partial charge in [-0.25, -0.2) is 0 Å². The Hall–Kier alpha value is -1.08.